The lowest BCUT2D eigenvalue weighted by atomic mass is 10.1. The summed E-state index contributed by atoms with van der Waals surface area (Å²) in [5, 5.41) is 12.0. The van der Waals surface area contributed by atoms with Gasteiger partial charge in [0.1, 0.15) is 11.6 Å². The van der Waals surface area contributed by atoms with Crippen molar-refractivity contribution in [1.29, 1.82) is 0 Å². The van der Waals surface area contributed by atoms with Gasteiger partial charge in [0.15, 0.2) is 5.13 Å². The largest absolute Gasteiger partial charge is 0.419 e. The van der Waals surface area contributed by atoms with Gasteiger partial charge in [0.05, 0.1) is 15.8 Å². The number of amides is 2. The summed E-state index contributed by atoms with van der Waals surface area (Å²) < 4.78 is 55.2. The summed E-state index contributed by atoms with van der Waals surface area (Å²) in [5.41, 5.74) is 0.148. The van der Waals surface area contributed by atoms with Gasteiger partial charge in [0.25, 0.3) is 0 Å². The number of hydrogen-bond donors (Lipinski definition) is 2. The number of piperazine rings is 1. The molecule has 34 heavy (non-hydrogen) atoms. The van der Waals surface area contributed by atoms with Gasteiger partial charge < -0.3 is 14.9 Å². The second-order valence-electron chi connectivity index (χ2n) is 8.09. The summed E-state index contributed by atoms with van der Waals surface area (Å²) in [7, 11) is 0. The molecule has 1 atom stereocenters. The first-order chi connectivity index (χ1) is 16.2. The fraction of sp³-hybridized carbons (Fsp3) is 0.409. The lowest BCUT2D eigenvalue weighted by Crippen LogP contribution is -2.55. The first-order valence-corrected chi connectivity index (χ1v) is 11.5. The molecule has 0 spiro atoms. The van der Waals surface area contributed by atoms with Crippen LogP contribution in [0, 0.1) is 5.82 Å². The van der Waals surface area contributed by atoms with Crippen LogP contribution in [0.4, 0.5) is 33.3 Å². The Morgan fingerprint density at radius 1 is 1.29 bits per heavy atom. The van der Waals surface area contributed by atoms with Gasteiger partial charge in [-0.1, -0.05) is 11.3 Å². The SMILES string of the molecule is C[C@H]1CN(c2ncc(CCCO)cc2C(F)(F)F)CCN1C(=O)Nc1nc2ccc(F)cc2s1. The highest BCUT2D eigenvalue weighted by Crippen LogP contribution is 2.37. The van der Waals surface area contributed by atoms with E-state index in [2.05, 4.69) is 15.3 Å². The molecule has 2 N–H and O–H groups in total. The molecule has 2 amide bonds. The van der Waals surface area contributed by atoms with Crippen LogP contribution < -0.4 is 10.2 Å². The number of carbonyl (C=O) groups is 1. The fourth-order valence-corrected chi connectivity index (χ4v) is 4.83. The zero-order valence-electron chi connectivity index (χ0n) is 18.3. The smallest absolute Gasteiger partial charge is 0.396 e. The van der Waals surface area contributed by atoms with Crippen molar-refractivity contribution in [3.8, 4) is 0 Å². The van der Waals surface area contributed by atoms with Gasteiger partial charge in [-0.2, -0.15) is 13.2 Å². The molecule has 0 unspecified atom stereocenters. The van der Waals surface area contributed by atoms with E-state index in [0.29, 0.717) is 33.8 Å². The molecule has 7 nitrogen and oxygen atoms in total. The molecule has 3 aromatic rings. The molecular formula is C22H23F4N5O2S. The van der Waals surface area contributed by atoms with E-state index in [1.807, 2.05) is 0 Å². The van der Waals surface area contributed by atoms with Gasteiger partial charge in [0.2, 0.25) is 0 Å². The van der Waals surface area contributed by atoms with Crippen molar-refractivity contribution < 1.29 is 27.5 Å². The minimum atomic E-state index is -4.58. The Morgan fingerprint density at radius 2 is 2.09 bits per heavy atom. The van der Waals surface area contributed by atoms with Crippen LogP contribution in [-0.4, -0.2) is 58.3 Å². The molecule has 12 heteroatoms. The van der Waals surface area contributed by atoms with Gasteiger partial charge in [-0.25, -0.2) is 19.2 Å². The number of pyridine rings is 1. The van der Waals surface area contributed by atoms with E-state index < -0.39 is 29.6 Å². The number of halogens is 4. The minimum Gasteiger partial charge on any atom is -0.396 e. The van der Waals surface area contributed by atoms with Crippen LogP contribution in [0.5, 0.6) is 0 Å². The average Bonchev–Trinajstić information content (AvgIpc) is 3.18. The first-order valence-electron chi connectivity index (χ1n) is 10.7. The number of hydrogen-bond acceptors (Lipinski definition) is 6. The van der Waals surface area contributed by atoms with Crippen LogP contribution in [0.3, 0.4) is 0 Å². The number of thiazole rings is 1. The number of alkyl halides is 3. The molecule has 1 aliphatic heterocycles. The van der Waals surface area contributed by atoms with Crippen LogP contribution in [0.2, 0.25) is 0 Å². The molecule has 1 aliphatic rings. The molecular weight excluding hydrogens is 474 g/mol. The number of fused-ring (bicyclic) bond motifs is 1. The summed E-state index contributed by atoms with van der Waals surface area (Å²) >= 11 is 1.14. The van der Waals surface area contributed by atoms with Crippen LogP contribution in [0.1, 0.15) is 24.5 Å². The van der Waals surface area contributed by atoms with Crippen molar-refractivity contribution >= 4 is 38.5 Å². The van der Waals surface area contributed by atoms with Crippen molar-refractivity contribution in [3.63, 3.8) is 0 Å². The third-order valence-electron chi connectivity index (χ3n) is 5.60. The second kappa shape index (κ2) is 9.71. The van der Waals surface area contributed by atoms with Crippen molar-refractivity contribution in [2.24, 2.45) is 0 Å². The predicted octanol–water partition coefficient (Wildman–Crippen LogP) is 4.52. The maximum Gasteiger partial charge on any atom is 0.419 e. The highest BCUT2D eigenvalue weighted by Gasteiger charge is 2.38. The normalized spacial score (nSPS) is 16.8. The van der Waals surface area contributed by atoms with Crippen LogP contribution >= 0.6 is 11.3 Å². The van der Waals surface area contributed by atoms with Gasteiger partial charge in [-0.05, 0) is 49.6 Å². The highest BCUT2D eigenvalue weighted by atomic mass is 32.1. The predicted molar refractivity (Wildman–Crippen MR) is 122 cm³/mol. The van der Waals surface area contributed by atoms with Crippen LogP contribution in [0.15, 0.2) is 30.5 Å². The third kappa shape index (κ3) is 5.22. The molecule has 0 bridgehead atoms. The fourth-order valence-electron chi connectivity index (χ4n) is 3.95. The number of aliphatic hydroxyl groups excluding tert-OH is 1. The number of anilines is 2. The first kappa shape index (κ1) is 24.1. The summed E-state index contributed by atoms with van der Waals surface area (Å²) in [4.78, 5) is 24.2. The zero-order valence-corrected chi connectivity index (χ0v) is 19.1. The van der Waals surface area contributed by atoms with Crippen LogP contribution in [-0.2, 0) is 12.6 Å². The summed E-state index contributed by atoms with van der Waals surface area (Å²) in [6.45, 7) is 2.18. The van der Waals surface area contributed by atoms with E-state index in [0.717, 1.165) is 17.4 Å². The van der Waals surface area contributed by atoms with E-state index >= 15 is 0 Å². The summed E-state index contributed by atoms with van der Waals surface area (Å²) in [6.07, 6.45) is -2.52. The number of aryl methyl sites for hydroxylation is 1. The zero-order chi connectivity index (χ0) is 24.5. The van der Waals surface area contributed by atoms with E-state index in [1.54, 1.807) is 6.92 Å². The number of aromatic nitrogens is 2. The molecule has 0 saturated carbocycles. The Kier molecular flexibility index (Phi) is 6.89. The highest BCUT2D eigenvalue weighted by molar-refractivity contribution is 7.22. The van der Waals surface area contributed by atoms with E-state index in [4.69, 9.17) is 5.11 Å². The van der Waals surface area contributed by atoms with Crippen molar-refractivity contribution in [1.82, 2.24) is 14.9 Å². The third-order valence-corrected chi connectivity index (χ3v) is 6.54. The molecule has 1 saturated heterocycles. The number of nitrogens with zero attached hydrogens (tertiary/aromatic N) is 4. The lowest BCUT2D eigenvalue weighted by molar-refractivity contribution is -0.137. The number of rotatable bonds is 5. The lowest BCUT2D eigenvalue weighted by Gasteiger charge is -2.40. The molecule has 0 radical (unpaired) electrons. The molecule has 2 aromatic heterocycles. The minimum absolute atomic E-state index is 0.113. The Balaban J connectivity index is 1.46. The standard InChI is InChI=1S/C22H23F4N5O2S/c1-13-12-30(19-16(22(24,25)26)9-14(11-27-19)3-2-8-32)6-7-31(13)21(33)29-20-28-17-5-4-15(23)10-18(17)34-20/h4-5,9-11,13,32H,2-3,6-8,12H2,1H3,(H,28,29,33)/t13-/m0/s1. The molecule has 3 heterocycles. The number of carbonyl (C=O) groups excluding carboxylic acids is 1. The summed E-state index contributed by atoms with van der Waals surface area (Å²) in [5.74, 6) is -0.563. The maximum absolute atomic E-state index is 13.7. The Bertz CT molecular complexity index is 1190. The second-order valence-corrected chi connectivity index (χ2v) is 9.12. The number of aliphatic hydroxyl groups is 1. The van der Waals surface area contributed by atoms with Gasteiger partial charge in [0, 0.05) is 38.5 Å². The van der Waals surface area contributed by atoms with E-state index in [1.165, 1.54) is 34.2 Å². The van der Waals surface area contributed by atoms with E-state index in [9.17, 15) is 22.4 Å². The van der Waals surface area contributed by atoms with E-state index in [-0.39, 0.29) is 32.1 Å². The Labute approximate surface area is 197 Å². The monoisotopic (exact) mass is 497 g/mol. The Morgan fingerprint density at radius 3 is 2.79 bits per heavy atom. The van der Waals surface area contributed by atoms with Gasteiger partial charge in [-0.15, -0.1) is 0 Å². The number of benzene rings is 1. The average molecular weight is 498 g/mol. The van der Waals surface area contributed by atoms with Crippen molar-refractivity contribution in [2.75, 3.05) is 36.5 Å². The maximum atomic E-state index is 13.7. The van der Waals surface area contributed by atoms with Gasteiger partial charge >= 0.3 is 12.2 Å². The van der Waals surface area contributed by atoms with Crippen LogP contribution in [0.25, 0.3) is 10.2 Å². The molecule has 182 valence electrons. The van der Waals surface area contributed by atoms with Gasteiger partial charge in [-0.3, -0.25) is 5.32 Å². The summed E-state index contributed by atoms with van der Waals surface area (Å²) in [6, 6.07) is 4.42. The Hall–Kier alpha value is -2.99. The molecule has 0 aliphatic carbocycles. The molecule has 1 aromatic carbocycles. The van der Waals surface area contributed by atoms with Crippen molar-refractivity contribution in [2.45, 2.75) is 32.0 Å². The quantitative estimate of drug-likeness (QED) is 0.507. The number of urea groups is 1. The number of nitrogens with one attached hydrogen (secondary N) is 1. The topological polar surface area (TPSA) is 81.6 Å². The van der Waals surface area contributed by atoms with Crippen molar-refractivity contribution in [3.05, 3.63) is 47.4 Å². The molecule has 1 fully saturated rings. The molecule has 4 rings (SSSR count).